The molecule has 180 valence electrons. The van der Waals surface area contributed by atoms with Crippen LogP contribution in [0.2, 0.25) is 0 Å². The number of hydrogen-bond acceptors (Lipinski definition) is 6. The number of rotatable bonds is 10. The zero-order valence-electron chi connectivity index (χ0n) is 19.7. The molecule has 0 aliphatic carbocycles. The quantitative estimate of drug-likeness (QED) is 0.267. The summed E-state index contributed by atoms with van der Waals surface area (Å²) in [5.74, 6) is 1.33. The van der Waals surface area contributed by atoms with Crippen molar-refractivity contribution in [1.82, 2.24) is 14.9 Å². The van der Waals surface area contributed by atoms with Crippen molar-refractivity contribution >= 4 is 28.6 Å². The van der Waals surface area contributed by atoms with Gasteiger partial charge in [0, 0.05) is 13.1 Å². The van der Waals surface area contributed by atoms with Gasteiger partial charge >= 0.3 is 0 Å². The van der Waals surface area contributed by atoms with Gasteiger partial charge < -0.3 is 14.8 Å². The van der Waals surface area contributed by atoms with Crippen molar-refractivity contribution in [2.45, 2.75) is 24.7 Å². The lowest BCUT2D eigenvalue weighted by Crippen LogP contribution is -2.27. The smallest absolute Gasteiger partial charge is 0.262 e. The number of nitrogens with one attached hydrogen (secondary N) is 1. The molecule has 1 N–H and O–H groups in total. The Bertz CT molecular complexity index is 1370. The molecule has 35 heavy (non-hydrogen) atoms. The second-order valence-electron chi connectivity index (χ2n) is 7.86. The van der Waals surface area contributed by atoms with E-state index in [9.17, 15) is 9.59 Å². The summed E-state index contributed by atoms with van der Waals surface area (Å²) in [5.41, 5.74) is 2.52. The first-order valence-electron chi connectivity index (χ1n) is 11.2. The SMILES string of the molecule is COc1ccc(CCn2c(SCC(=O)NCc3ccccc3)nc3ccccc3c2=O)cc1OC. The highest BCUT2D eigenvalue weighted by molar-refractivity contribution is 7.99. The van der Waals surface area contributed by atoms with E-state index in [1.807, 2.05) is 66.7 Å². The summed E-state index contributed by atoms with van der Waals surface area (Å²) in [5, 5.41) is 3.99. The van der Waals surface area contributed by atoms with Crippen LogP contribution in [0, 0.1) is 0 Å². The third-order valence-corrected chi connectivity index (χ3v) is 6.54. The molecule has 1 heterocycles. The van der Waals surface area contributed by atoms with Crippen LogP contribution in [0.25, 0.3) is 10.9 Å². The van der Waals surface area contributed by atoms with E-state index in [1.54, 1.807) is 24.9 Å². The zero-order valence-corrected chi connectivity index (χ0v) is 20.5. The number of aromatic nitrogens is 2. The Hall–Kier alpha value is -3.78. The standard InChI is InChI=1S/C27H27N3O4S/c1-33-23-13-12-19(16-24(23)34-2)14-15-30-26(32)21-10-6-7-11-22(21)29-27(30)35-18-25(31)28-17-20-8-4-3-5-9-20/h3-13,16H,14-15,17-18H2,1-2H3,(H,28,31). The van der Waals surface area contributed by atoms with Crippen LogP contribution < -0.4 is 20.3 Å². The van der Waals surface area contributed by atoms with Crippen molar-refractivity contribution < 1.29 is 14.3 Å². The van der Waals surface area contributed by atoms with Crippen LogP contribution in [0.5, 0.6) is 11.5 Å². The summed E-state index contributed by atoms with van der Waals surface area (Å²) in [6, 6.07) is 22.7. The molecule has 4 aromatic rings. The number of ether oxygens (including phenoxy) is 2. The van der Waals surface area contributed by atoms with Gasteiger partial charge in [0.1, 0.15) is 0 Å². The molecule has 0 unspecified atom stereocenters. The van der Waals surface area contributed by atoms with Gasteiger partial charge in [0.15, 0.2) is 16.7 Å². The second-order valence-corrected chi connectivity index (χ2v) is 8.80. The highest BCUT2D eigenvalue weighted by atomic mass is 32.2. The number of fused-ring (bicyclic) bond motifs is 1. The molecule has 0 aliphatic rings. The summed E-state index contributed by atoms with van der Waals surface area (Å²) < 4.78 is 12.4. The normalized spacial score (nSPS) is 10.8. The van der Waals surface area contributed by atoms with Gasteiger partial charge in [0.25, 0.3) is 5.56 Å². The molecule has 0 saturated heterocycles. The minimum Gasteiger partial charge on any atom is -0.493 e. The van der Waals surface area contributed by atoms with Crippen molar-refractivity contribution in [3.05, 3.63) is 94.3 Å². The number of nitrogens with zero attached hydrogens (tertiary/aromatic N) is 2. The monoisotopic (exact) mass is 489 g/mol. The van der Waals surface area contributed by atoms with Crippen LogP contribution >= 0.6 is 11.8 Å². The van der Waals surface area contributed by atoms with Gasteiger partial charge in [-0.05, 0) is 41.8 Å². The van der Waals surface area contributed by atoms with Crippen molar-refractivity contribution in [2.24, 2.45) is 0 Å². The van der Waals surface area contributed by atoms with Crippen molar-refractivity contribution in [2.75, 3.05) is 20.0 Å². The van der Waals surface area contributed by atoms with Crippen LogP contribution in [0.4, 0.5) is 0 Å². The number of thioether (sulfide) groups is 1. The van der Waals surface area contributed by atoms with Crippen LogP contribution in [-0.4, -0.2) is 35.4 Å². The van der Waals surface area contributed by atoms with E-state index in [1.165, 1.54) is 11.8 Å². The van der Waals surface area contributed by atoms with E-state index in [0.717, 1.165) is 11.1 Å². The van der Waals surface area contributed by atoms with Crippen LogP contribution in [-0.2, 0) is 24.3 Å². The molecule has 0 saturated carbocycles. The van der Waals surface area contributed by atoms with Gasteiger partial charge in [0.2, 0.25) is 5.91 Å². The third kappa shape index (κ3) is 6.02. The van der Waals surface area contributed by atoms with Gasteiger partial charge in [-0.1, -0.05) is 60.3 Å². The molecule has 0 bridgehead atoms. The number of carbonyl (C=O) groups is 1. The van der Waals surface area contributed by atoms with Crippen LogP contribution in [0.3, 0.4) is 0 Å². The van der Waals surface area contributed by atoms with E-state index in [0.29, 0.717) is 47.1 Å². The lowest BCUT2D eigenvalue weighted by Gasteiger charge is -2.14. The predicted octanol–water partition coefficient (Wildman–Crippen LogP) is 4.06. The van der Waals surface area contributed by atoms with E-state index >= 15 is 0 Å². The number of carbonyl (C=O) groups excluding carboxylic acids is 1. The average Bonchev–Trinajstić information content (AvgIpc) is 2.90. The molecule has 1 aromatic heterocycles. The minimum atomic E-state index is -0.122. The largest absolute Gasteiger partial charge is 0.493 e. The fourth-order valence-electron chi connectivity index (χ4n) is 3.71. The summed E-state index contributed by atoms with van der Waals surface area (Å²) in [6.45, 7) is 0.873. The Labute approximate surface area is 208 Å². The number of amides is 1. The maximum absolute atomic E-state index is 13.3. The molecular formula is C27H27N3O4S. The fraction of sp³-hybridized carbons (Fsp3) is 0.222. The molecule has 0 spiro atoms. The van der Waals surface area contributed by atoms with E-state index in [-0.39, 0.29) is 17.2 Å². The molecular weight excluding hydrogens is 462 g/mol. The average molecular weight is 490 g/mol. The maximum Gasteiger partial charge on any atom is 0.262 e. The Morgan fingerprint density at radius 1 is 0.943 bits per heavy atom. The van der Waals surface area contributed by atoms with Gasteiger partial charge in [-0.2, -0.15) is 0 Å². The fourth-order valence-corrected chi connectivity index (χ4v) is 4.56. The summed E-state index contributed by atoms with van der Waals surface area (Å²) in [7, 11) is 3.19. The summed E-state index contributed by atoms with van der Waals surface area (Å²) in [6.07, 6.45) is 0.591. The summed E-state index contributed by atoms with van der Waals surface area (Å²) >= 11 is 1.26. The molecule has 1 amide bonds. The molecule has 0 atom stereocenters. The minimum absolute atomic E-state index is 0.118. The Morgan fingerprint density at radius 2 is 1.69 bits per heavy atom. The van der Waals surface area contributed by atoms with Crippen molar-refractivity contribution in [1.29, 1.82) is 0 Å². The molecule has 0 fully saturated rings. The molecule has 7 nitrogen and oxygen atoms in total. The number of hydrogen-bond donors (Lipinski definition) is 1. The highest BCUT2D eigenvalue weighted by Crippen LogP contribution is 2.28. The topological polar surface area (TPSA) is 82.5 Å². The lowest BCUT2D eigenvalue weighted by atomic mass is 10.1. The Morgan fingerprint density at radius 3 is 2.46 bits per heavy atom. The first-order chi connectivity index (χ1) is 17.1. The van der Waals surface area contributed by atoms with Gasteiger partial charge in [0.05, 0.1) is 30.9 Å². The van der Waals surface area contributed by atoms with E-state index < -0.39 is 0 Å². The molecule has 8 heteroatoms. The molecule has 3 aromatic carbocycles. The third-order valence-electron chi connectivity index (χ3n) is 5.56. The van der Waals surface area contributed by atoms with Gasteiger partial charge in [-0.3, -0.25) is 14.2 Å². The lowest BCUT2D eigenvalue weighted by molar-refractivity contribution is -0.118. The first-order valence-corrected chi connectivity index (χ1v) is 12.2. The number of aryl methyl sites for hydroxylation is 1. The van der Waals surface area contributed by atoms with Crippen LogP contribution in [0.1, 0.15) is 11.1 Å². The Balaban J connectivity index is 1.52. The van der Waals surface area contributed by atoms with Crippen LogP contribution in [0.15, 0.2) is 82.7 Å². The van der Waals surface area contributed by atoms with Crippen molar-refractivity contribution in [3.8, 4) is 11.5 Å². The Kier molecular flexibility index (Phi) is 8.05. The van der Waals surface area contributed by atoms with Gasteiger partial charge in [-0.25, -0.2) is 4.98 Å². The van der Waals surface area contributed by atoms with E-state index in [4.69, 9.17) is 14.5 Å². The summed E-state index contributed by atoms with van der Waals surface area (Å²) in [4.78, 5) is 30.5. The number of benzene rings is 3. The molecule has 4 rings (SSSR count). The number of para-hydroxylation sites is 1. The van der Waals surface area contributed by atoms with Crippen molar-refractivity contribution in [3.63, 3.8) is 0 Å². The highest BCUT2D eigenvalue weighted by Gasteiger charge is 2.14. The maximum atomic E-state index is 13.3. The first kappa shape index (κ1) is 24.3. The van der Waals surface area contributed by atoms with Gasteiger partial charge in [-0.15, -0.1) is 0 Å². The number of methoxy groups -OCH3 is 2. The van der Waals surface area contributed by atoms with E-state index in [2.05, 4.69) is 5.32 Å². The predicted molar refractivity (Wildman–Crippen MR) is 138 cm³/mol. The zero-order chi connectivity index (χ0) is 24.6. The molecule has 0 radical (unpaired) electrons. The molecule has 0 aliphatic heterocycles. The second kappa shape index (κ2) is 11.6.